The van der Waals surface area contributed by atoms with E-state index in [4.69, 9.17) is 61.6 Å². The van der Waals surface area contributed by atoms with Gasteiger partial charge in [0.15, 0.2) is 49.8 Å². The fourth-order valence-corrected chi connectivity index (χ4v) is 12.3. The summed E-state index contributed by atoms with van der Waals surface area (Å²) in [6.45, 7) is 15.4. The Bertz CT molecular complexity index is 1990. The minimum Gasteiger partial charge on any atom is -0.457 e. The lowest BCUT2D eigenvalue weighted by molar-refractivity contribution is -0.399. The number of rotatable bonds is 24. The average molecular weight is 1250 g/mol. The number of hydrogen-bond donors (Lipinski definition) is 8. The smallest absolute Gasteiger partial charge is 0.309 e. The molecule has 6 aliphatic heterocycles. The second-order valence-corrected chi connectivity index (χ2v) is 25.3. The van der Waals surface area contributed by atoms with Crippen molar-refractivity contribution >= 4 is 17.9 Å². The van der Waals surface area contributed by atoms with Crippen LogP contribution in [0.1, 0.15) is 216 Å². The third kappa shape index (κ3) is 20.8. The van der Waals surface area contributed by atoms with Crippen LogP contribution in [0.15, 0.2) is 0 Å². The summed E-state index contributed by atoms with van der Waals surface area (Å²) < 4.78 is 82.5. The highest BCUT2D eigenvalue weighted by molar-refractivity contribution is 5.72. The van der Waals surface area contributed by atoms with Crippen LogP contribution in [-0.2, 0) is 76.0 Å². The number of unbranched alkanes of at least 4 members (excludes halogenated alkanes) is 10. The zero-order chi connectivity index (χ0) is 63.5. The number of fused-ring (bicyclic) bond motifs is 3. The van der Waals surface area contributed by atoms with Gasteiger partial charge in [0.2, 0.25) is 0 Å². The van der Waals surface area contributed by atoms with E-state index >= 15 is 0 Å². The Morgan fingerprint density at radius 1 is 0.460 bits per heavy atom. The fourth-order valence-electron chi connectivity index (χ4n) is 12.3. The molecule has 24 heteroatoms. The maximum Gasteiger partial charge on any atom is 0.309 e. The van der Waals surface area contributed by atoms with Crippen molar-refractivity contribution < 1.29 is 117 Å². The lowest BCUT2D eigenvalue weighted by Gasteiger charge is -2.51. The van der Waals surface area contributed by atoms with E-state index in [9.17, 15) is 55.2 Å². The number of esters is 3. The van der Waals surface area contributed by atoms with E-state index in [2.05, 4.69) is 13.8 Å². The summed E-state index contributed by atoms with van der Waals surface area (Å²) in [6, 6.07) is 0. The van der Waals surface area contributed by atoms with E-state index in [0.29, 0.717) is 25.7 Å². The molecule has 0 saturated carbocycles. The van der Waals surface area contributed by atoms with Gasteiger partial charge in [0.25, 0.3) is 0 Å². The van der Waals surface area contributed by atoms with Crippen molar-refractivity contribution in [3.63, 3.8) is 0 Å². The molecule has 87 heavy (non-hydrogen) atoms. The quantitative estimate of drug-likeness (QED) is 0.0344. The molecule has 0 unspecified atom stereocenters. The van der Waals surface area contributed by atoms with E-state index in [-0.39, 0.29) is 18.9 Å². The molecule has 6 saturated heterocycles. The molecule has 6 aliphatic rings. The van der Waals surface area contributed by atoms with E-state index in [1.54, 1.807) is 27.7 Å². The van der Waals surface area contributed by atoms with Crippen LogP contribution in [0.4, 0.5) is 0 Å². The number of aliphatic hydroxyl groups excluding tert-OH is 8. The van der Waals surface area contributed by atoms with Gasteiger partial charge in [-0.25, -0.2) is 0 Å². The summed E-state index contributed by atoms with van der Waals surface area (Å²) in [5.74, 6) is -2.57. The van der Waals surface area contributed by atoms with Crippen molar-refractivity contribution in [1.29, 1.82) is 0 Å². The van der Waals surface area contributed by atoms with Crippen LogP contribution >= 0.6 is 0 Å². The third-order valence-corrected chi connectivity index (χ3v) is 18.2. The summed E-state index contributed by atoms with van der Waals surface area (Å²) in [4.78, 5) is 41.3. The summed E-state index contributed by atoms with van der Waals surface area (Å²) in [5.41, 5.74) is 0. The highest BCUT2D eigenvalue weighted by Gasteiger charge is 2.58. The van der Waals surface area contributed by atoms with Crippen molar-refractivity contribution in [3.8, 4) is 0 Å². The molecule has 6 heterocycles. The number of ether oxygens (including phenoxy) is 13. The van der Waals surface area contributed by atoms with Gasteiger partial charge in [0.1, 0.15) is 73.2 Å². The normalized spacial score (nSPS) is 41.6. The fraction of sp³-hybridized carbons (Fsp3) is 0.952. The SMILES string of the molecule is CCCCCCCCCCCC(=O)O[C@H]1[C@H](O[C@@H]2[C@H]3OC(=O)CCCCCCCCC[C@H](CCCCC)O[C@H]4O[C@H](C)[C@H](O)[C@H](O)[C@H]4O[C@H](O[C@H]2C)[C@@H]3O)O[C@@H](C)[C@H](O[C@@H]2O[C@@H](C)[C@H](OC(=O)[C@@H](C)CC)[C@@H](O)[C@H]2O)[C@H]1O[C@@H]1O[C@@H](C)[C@H](O)[C@@H](O)[C@H]1O. The first-order valence-corrected chi connectivity index (χ1v) is 33.2. The first-order valence-electron chi connectivity index (χ1n) is 33.2. The van der Waals surface area contributed by atoms with Crippen molar-refractivity contribution in [2.45, 2.75) is 376 Å². The first kappa shape index (κ1) is 73.7. The molecule has 6 rings (SSSR count). The molecule has 0 aromatic rings. The standard InChI is InChI=1S/C63H110O24/c1-10-13-15-16-17-18-21-24-29-33-42(65)82-57-56(87-59-48(71)45(68)43(66)35(5)75-59)53(84-60-49(72)47(70)51(37(7)77-60)83-58(74)34(4)12-3)39(9)79-63(57)85-52-38(8)78-61-50(73)54(52)81-41(64)32-28-25-22-19-20-23-27-31-40(30-26-14-11-2)80-62-55(86-61)46(69)44(67)36(6)76-62/h34-40,43-57,59-63,66-73H,10-33H2,1-9H3/t34-,35-,36+,37-,38-,39-,40-,43-,44-,45+,46-,47-,48+,49+,50+,51-,52-,53-,54-,55+,56+,57+,59-,60-,61-,62+,63-/m0/s1. The molecule has 0 amide bonds. The summed E-state index contributed by atoms with van der Waals surface area (Å²) in [6.07, 6.45) is -19.1. The van der Waals surface area contributed by atoms with Crippen LogP contribution in [0.2, 0.25) is 0 Å². The maximum atomic E-state index is 14.4. The topological polar surface area (TPSA) is 333 Å². The van der Waals surface area contributed by atoms with Gasteiger partial charge in [-0.05, 0) is 66.7 Å². The molecule has 27 atom stereocenters. The molecule has 2 bridgehead atoms. The third-order valence-electron chi connectivity index (χ3n) is 18.2. The van der Waals surface area contributed by atoms with Gasteiger partial charge in [0.05, 0.1) is 42.5 Å². The summed E-state index contributed by atoms with van der Waals surface area (Å²) >= 11 is 0. The summed E-state index contributed by atoms with van der Waals surface area (Å²) in [5, 5.41) is 91.9. The van der Waals surface area contributed by atoms with Gasteiger partial charge in [-0.3, -0.25) is 14.4 Å². The zero-order valence-electron chi connectivity index (χ0n) is 53.2. The zero-order valence-corrected chi connectivity index (χ0v) is 53.2. The molecule has 506 valence electrons. The van der Waals surface area contributed by atoms with Crippen molar-refractivity contribution in [3.05, 3.63) is 0 Å². The molecule has 0 aromatic carbocycles. The van der Waals surface area contributed by atoms with Gasteiger partial charge in [-0.1, -0.05) is 137 Å². The minimum absolute atomic E-state index is 0.0254. The Hall–Kier alpha value is -2.31. The summed E-state index contributed by atoms with van der Waals surface area (Å²) in [7, 11) is 0. The second kappa shape index (κ2) is 36.8. The van der Waals surface area contributed by atoms with Crippen LogP contribution in [0.5, 0.6) is 0 Å². The van der Waals surface area contributed by atoms with Gasteiger partial charge in [0, 0.05) is 12.8 Å². The second-order valence-electron chi connectivity index (χ2n) is 25.3. The molecule has 0 spiro atoms. The van der Waals surface area contributed by atoms with Gasteiger partial charge >= 0.3 is 17.9 Å². The van der Waals surface area contributed by atoms with Gasteiger partial charge in [-0.2, -0.15) is 0 Å². The number of hydrogen-bond acceptors (Lipinski definition) is 24. The Morgan fingerprint density at radius 2 is 0.977 bits per heavy atom. The van der Waals surface area contributed by atoms with E-state index in [0.717, 1.165) is 109 Å². The molecule has 0 radical (unpaired) electrons. The van der Waals surface area contributed by atoms with Crippen molar-refractivity contribution in [1.82, 2.24) is 0 Å². The highest BCUT2D eigenvalue weighted by Crippen LogP contribution is 2.40. The van der Waals surface area contributed by atoms with Crippen LogP contribution in [0, 0.1) is 5.92 Å². The van der Waals surface area contributed by atoms with Gasteiger partial charge < -0.3 is 102 Å². The van der Waals surface area contributed by atoms with Crippen LogP contribution < -0.4 is 0 Å². The average Bonchev–Trinajstić information content (AvgIpc) is 1.80. The molecule has 8 N–H and O–H groups in total. The monoisotopic (exact) mass is 1250 g/mol. The first-order chi connectivity index (χ1) is 41.6. The van der Waals surface area contributed by atoms with E-state index in [1.165, 1.54) is 27.2 Å². The van der Waals surface area contributed by atoms with Crippen LogP contribution in [-0.4, -0.2) is 218 Å². The number of aliphatic hydroxyl groups is 8. The van der Waals surface area contributed by atoms with Crippen molar-refractivity contribution in [2.24, 2.45) is 5.92 Å². The largest absolute Gasteiger partial charge is 0.457 e. The molecular weight excluding hydrogens is 1140 g/mol. The van der Waals surface area contributed by atoms with Crippen LogP contribution in [0.25, 0.3) is 0 Å². The molecule has 0 aliphatic carbocycles. The Morgan fingerprint density at radius 3 is 1.64 bits per heavy atom. The predicted molar refractivity (Wildman–Crippen MR) is 311 cm³/mol. The predicted octanol–water partition coefficient (Wildman–Crippen LogP) is 5.33. The van der Waals surface area contributed by atoms with E-state index < -0.39 is 177 Å². The van der Waals surface area contributed by atoms with Crippen LogP contribution in [0.3, 0.4) is 0 Å². The lowest BCUT2D eigenvalue weighted by Crippen LogP contribution is -2.68. The van der Waals surface area contributed by atoms with Gasteiger partial charge in [-0.15, -0.1) is 0 Å². The Balaban J connectivity index is 1.36. The molecular formula is C63H110O24. The molecule has 24 nitrogen and oxygen atoms in total. The maximum absolute atomic E-state index is 14.4. The molecule has 0 aromatic heterocycles. The number of carbonyl (C=O) groups is 3. The van der Waals surface area contributed by atoms with Crippen molar-refractivity contribution in [2.75, 3.05) is 0 Å². The van der Waals surface area contributed by atoms with E-state index in [1.807, 2.05) is 0 Å². The number of carbonyl (C=O) groups excluding carboxylic acids is 3. The Labute approximate surface area is 515 Å². The molecule has 6 fully saturated rings. The minimum atomic E-state index is -1.91. The lowest BCUT2D eigenvalue weighted by atomic mass is 9.95. The Kier molecular flexibility index (Phi) is 31.2. The highest BCUT2D eigenvalue weighted by atomic mass is 16.8.